The van der Waals surface area contributed by atoms with E-state index < -0.39 is 29.6 Å². The Morgan fingerprint density at radius 1 is 1.21 bits per heavy atom. The summed E-state index contributed by atoms with van der Waals surface area (Å²) in [6.07, 6.45) is -4.74. The van der Waals surface area contributed by atoms with Crippen molar-refractivity contribution in [3.05, 3.63) is 34.9 Å². The molecule has 0 bridgehead atoms. The third-order valence-electron chi connectivity index (χ3n) is 5.60. The van der Waals surface area contributed by atoms with E-state index in [9.17, 15) is 28.0 Å². The molecule has 0 radical (unpaired) electrons. The Kier molecular flexibility index (Phi) is 9.84. The fourth-order valence-corrected chi connectivity index (χ4v) is 3.60. The van der Waals surface area contributed by atoms with Gasteiger partial charge < -0.3 is 30.9 Å². The minimum Gasteiger partial charge on any atom is -0.477 e. The first-order chi connectivity index (χ1) is 17.4. The van der Waals surface area contributed by atoms with E-state index >= 15 is 0 Å². The highest BCUT2D eigenvalue weighted by Gasteiger charge is 2.33. The third-order valence-corrected chi connectivity index (χ3v) is 5.60. The lowest BCUT2D eigenvalue weighted by molar-refractivity contribution is -0.137. The number of likely N-dealkylation sites (N-methyl/N-ethyl adjacent to an activating group) is 1. The fourth-order valence-electron chi connectivity index (χ4n) is 3.60. The number of nitriles is 1. The molecular weight excluding hydrogens is 505 g/mol. The van der Waals surface area contributed by atoms with Gasteiger partial charge in [-0.05, 0) is 39.1 Å². The highest BCUT2D eigenvalue weighted by Crippen LogP contribution is 2.32. The minimum atomic E-state index is -4.74. The standard InChI is InChI=1S/C23H27F3N8O3.CH4/c1-4-37-20-17(12-27)18(31-22(28)32-20)29-13(2)19(35)30-16-10-14(9-15(11-16)23(24,25)26)21(36)34-7-5-33(3)6-8-34;/h9-11,13H,4-8H2,1-3H3,(H,30,35)(H3,28,29,31,32);1H4/t13-;/m0./s1. The second kappa shape index (κ2) is 12.4. The van der Waals surface area contributed by atoms with Crippen LogP contribution in [0.3, 0.4) is 0 Å². The smallest absolute Gasteiger partial charge is 0.416 e. The summed E-state index contributed by atoms with van der Waals surface area (Å²) in [7, 11) is 1.89. The number of piperazine rings is 1. The number of nitrogens with zero attached hydrogens (tertiary/aromatic N) is 5. The van der Waals surface area contributed by atoms with Crippen molar-refractivity contribution in [3.8, 4) is 11.9 Å². The van der Waals surface area contributed by atoms with Gasteiger partial charge in [-0.1, -0.05) is 7.43 Å². The topological polar surface area (TPSA) is 149 Å². The monoisotopic (exact) mass is 536 g/mol. The Bertz CT molecular complexity index is 1210. The van der Waals surface area contributed by atoms with Crippen molar-refractivity contribution in [2.45, 2.75) is 33.5 Å². The lowest BCUT2D eigenvalue weighted by atomic mass is 10.1. The molecule has 1 aliphatic heterocycles. The quantitative estimate of drug-likeness (QED) is 0.485. The molecule has 206 valence electrons. The molecule has 1 aliphatic rings. The molecule has 0 spiro atoms. The van der Waals surface area contributed by atoms with E-state index in [1.54, 1.807) is 6.92 Å². The number of rotatable bonds is 7. The van der Waals surface area contributed by atoms with Crippen molar-refractivity contribution in [1.29, 1.82) is 5.26 Å². The molecule has 0 aliphatic carbocycles. The van der Waals surface area contributed by atoms with Crippen LogP contribution < -0.4 is 21.1 Å². The summed E-state index contributed by atoms with van der Waals surface area (Å²) in [5.74, 6) is -1.65. The molecule has 1 saturated heterocycles. The van der Waals surface area contributed by atoms with Gasteiger partial charge in [0, 0.05) is 37.4 Å². The molecule has 1 aromatic carbocycles. The fraction of sp³-hybridized carbons (Fsp3) is 0.458. The largest absolute Gasteiger partial charge is 0.477 e. The summed E-state index contributed by atoms with van der Waals surface area (Å²) in [4.78, 5) is 37.0. The van der Waals surface area contributed by atoms with Crippen LogP contribution in [0.4, 0.5) is 30.6 Å². The predicted molar refractivity (Wildman–Crippen MR) is 136 cm³/mol. The minimum absolute atomic E-state index is 0. The molecule has 2 aromatic rings. The number of alkyl halides is 3. The SMILES string of the molecule is C.CCOc1nc(N)nc(N[C@@H](C)C(=O)Nc2cc(C(=O)N3CCN(C)CC3)cc(C(F)(F)F)c2)c1C#N. The van der Waals surface area contributed by atoms with Crippen molar-refractivity contribution < 1.29 is 27.5 Å². The number of carbonyl (C=O) groups excluding carboxylic acids is 2. The van der Waals surface area contributed by atoms with Crippen molar-refractivity contribution in [1.82, 2.24) is 19.8 Å². The molecule has 1 atom stereocenters. The second-order valence-corrected chi connectivity index (χ2v) is 8.40. The van der Waals surface area contributed by atoms with Gasteiger partial charge >= 0.3 is 6.18 Å². The van der Waals surface area contributed by atoms with Gasteiger partial charge in [-0.3, -0.25) is 9.59 Å². The molecule has 0 unspecified atom stereocenters. The number of halogens is 3. The number of nitrogens with two attached hydrogens (primary N) is 1. The number of amides is 2. The summed E-state index contributed by atoms with van der Waals surface area (Å²) in [5.41, 5.74) is 4.11. The first-order valence-electron chi connectivity index (χ1n) is 11.4. The molecule has 2 amide bonds. The molecule has 14 heteroatoms. The molecule has 3 rings (SSSR count). The molecule has 1 aromatic heterocycles. The maximum absolute atomic E-state index is 13.6. The van der Waals surface area contributed by atoms with Gasteiger partial charge in [-0.25, -0.2) is 0 Å². The molecule has 2 heterocycles. The van der Waals surface area contributed by atoms with Crippen molar-refractivity contribution >= 4 is 29.3 Å². The van der Waals surface area contributed by atoms with E-state index in [0.29, 0.717) is 26.2 Å². The van der Waals surface area contributed by atoms with Crippen LogP contribution in [-0.4, -0.2) is 77.5 Å². The van der Waals surface area contributed by atoms with Gasteiger partial charge in [0.25, 0.3) is 5.91 Å². The number of nitrogens with one attached hydrogen (secondary N) is 2. The first-order valence-corrected chi connectivity index (χ1v) is 11.4. The Labute approximate surface area is 218 Å². The summed E-state index contributed by atoms with van der Waals surface area (Å²) >= 11 is 0. The molecule has 1 fully saturated rings. The van der Waals surface area contributed by atoms with Crippen molar-refractivity contribution in [3.63, 3.8) is 0 Å². The molecule has 11 nitrogen and oxygen atoms in total. The molecule has 0 saturated carbocycles. The Balaban J connectivity index is 0.00000507. The summed E-state index contributed by atoms with van der Waals surface area (Å²) < 4.78 is 46.0. The third kappa shape index (κ3) is 7.22. The number of carbonyl (C=O) groups is 2. The number of anilines is 3. The Hall–Kier alpha value is -4.12. The predicted octanol–water partition coefficient (Wildman–Crippen LogP) is 2.81. The van der Waals surface area contributed by atoms with Crippen LogP contribution in [0.2, 0.25) is 0 Å². The zero-order chi connectivity index (χ0) is 27.3. The average Bonchev–Trinajstić information content (AvgIpc) is 2.83. The number of hydrogen-bond donors (Lipinski definition) is 3. The summed E-state index contributed by atoms with van der Waals surface area (Å²) in [6, 6.07) is 3.54. The van der Waals surface area contributed by atoms with Gasteiger partial charge in [-0.15, -0.1) is 0 Å². The van der Waals surface area contributed by atoms with E-state index in [2.05, 4.69) is 20.6 Å². The number of benzene rings is 1. The van der Waals surface area contributed by atoms with Crippen LogP contribution in [0.25, 0.3) is 0 Å². The van der Waals surface area contributed by atoms with Gasteiger partial charge in [0.1, 0.15) is 12.1 Å². The number of nitrogen functional groups attached to an aromatic ring is 1. The average molecular weight is 537 g/mol. The number of aromatic nitrogens is 2. The molecular formula is C24H31F3N8O3. The Morgan fingerprint density at radius 3 is 2.45 bits per heavy atom. The summed E-state index contributed by atoms with van der Waals surface area (Å²) in [5, 5.41) is 14.6. The van der Waals surface area contributed by atoms with Crippen LogP contribution in [0.5, 0.6) is 5.88 Å². The zero-order valence-corrected chi connectivity index (χ0v) is 20.5. The van der Waals surface area contributed by atoms with Gasteiger partial charge in [-0.2, -0.15) is 28.4 Å². The maximum Gasteiger partial charge on any atom is 0.416 e. The lowest BCUT2D eigenvalue weighted by Gasteiger charge is -2.32. The van der Waals surface area contributed by atoms with Crippen LogP contribution in [0.1, 0.15) is 42.8 Å². The van der Waals surface area contributed by atoms with Gasteiger partial charge in [0.2, 0.25) is 17.7 Å². The highest BCUT2D eigenvalue weighted by molar-refractivity contribution is 5.99. The van der Waals surface area contributed by atoms with Crippen molar-refractivity contribution in [2.75, 3.05) is 56.2 Å². The normalized spacial score (nSPS) is 14.6. The van der Waals surface area contributed by atoms with Crippen LogP contribution in [-0.2, 0) is 11.0 Å². The maximum atomic E-state index is 13.6. The summed E-state index contributed by atoms with van der Waals surface area (Å²) in [6.45, 7) is 5.24. The molecule has 4 N–H and O–H groups in total. The number of hydrogen-bond acceptors (Lipinski definition) is 9. The van der Waals surface area contributed by atoms with E-state index in [4.69, 9.17) is 10.5 Å². The van der Waals surface area contributed by atoms with Gasteiger partial charge in [0.15, 0.2) is 11.4 Å². The van der Waals surface area contributed by atoms with Gasteiger partial charge in [0.05, 0.1) is 12.2 Å². The lowest BCUT2D eigenvalue weighted by Crippen LogP contribution is -2.47. The highest BCUT2D eigenvalue weighted by atomic mass is 19.4. The van der Waals surface area contributed by atoms with E-state index in [1.165, 1.54) is 17.9 Å². The van der Waals surface area contributed by atoms with Crippen LogP contribution in [0, 0.1) is 11.3 Å². The first kappa shape index (κ1) is 30.1. The number of ether oxygens (including phenoxy) is 1. The Morgan fingerprint density at radius 2 is 1.87 bits per heavy atom. The second-order valence-electron chi connectivity index (χ2n) is 8.40. The van der Waals surface area contributed by atoms with E-state index in [1.807, 2.05) is 18.0 Å². The molecule has 38 heavy (non-hydrogen) atoms. The van der Waals surface area contributed by atoms with Crippen molar-refractivity contribution in [2.24, 2.45) is 0 Å². The van der Waals surface area contributed by atoms with Crippen LogP contribution in [0.15, 0.2) is 18.2 Å². The van der Waals surface area contributed by atoms with E-state index in [0.717, 1.165) is 12.1 Å². The van der Waals surface area contributed by atoms with E-state index in [-0.39, 0.29) is 48.5 Å². The zero-order valence-electron chi connectivity index (χ0n) is 20.5. The van der Waals surface area contributed by atoms with Crippen LogP contribution >= 0.6 is 0 Å².